The second kappa shape index (κ2) is 6.83. The summed E-state index contributed by atoms with van der Waals surface area (Å²) < 4.78 is 40.2. The maximum absolute atomic E-state index is 12.1. The van der Waals surface area contributed by atoms with Crippen molar-refractivity contribution in [1.82, 2.24) is 4.90 Å². The number of benzene rings is 1. The summed E-state index contributed by atoms with van der Waals surface area (Å²) >= 11 is 0. The minimum atomic E-state index is -4.64. The molecule has 0 amide bonds. The van der Waals surface area contributed by atoms with Crippen LogP contribution in [0.15, 0.2) is 24.3 Å². The van der Waals surface area contributed by atoms with Gasteiger partial charge in [-0.05, 0) is 51.0 Å². The van der Waals surface area contributed by atoms with Crippen molar-refractivity contribution in [2.24, 2.45) is 0 Å². The van der Waals surface area contributed by atoms with Crippen molar-refractivity contribution in [2.45, 2.75) is 25.6 Å². The molecule has 20 heavy (non-hydrogen) atoms. The van der Waals surface area contributed by atoms with Crippen molar-refractivity contribution >= 4 is 5.69 Å². The monoisotopic (exact) mass is 288 g/mol. The van der Waals surface area contributed by atoms with Crippen LogP contribution in [0.5, 0.6) is 5.75 Å². The van der Waals surface area contributed by atoms with E-state index in [1.54, 1.807) is 12.1 Å². The first-order valence-electron chi connectivity index (χ1n) is 6.85. The number of rotatable bonds is 6. The molecule has 1 N–H and O–H groups in total. The second-order valence-electron chi connectivity index (χ2n) is 4.90. The molecule has 3 nitrogen and oxygen atoms in total. The largest absolute Gasteiger partial charge is 0.573 e. The highest BCUT2D eigenvalue weighted by molar-refractivity contribution is 5.48. The van der Waals surface area contributed by atoms with Crippen molar-refractivity contribution in [3.63, 3.8) is 0 Å². The Kier molecular flexibility index (Phi) is 5.11. The number of ether oxygens (including phenoxy) is 1. The van der Waals surface area contributed by atoms with E-state index >= 15 is 0 Å². The molecule has 2 rings (SSSR count). The number of likely N-dealkylation sites (tertiary alicyclic amines) is 1. The van der Waals surface area contributed by atoms with Gasteiger partial charge in [0.1, 0.15) is 5.75 Å². The van der Waals surface area contributed by atoms with Gasteiger partial charge in [0.25, 0.3) is 0 Å². The van der Waals surface area contributed by atoms with E-state index in [0.717, 1.165) is 32.6 Å². The number of alkyl halides is 3. The maximum atomic E-state index is 12.1. The first-order chi connectivity index (χ1) is 9.53. The van der Waals surface area contributed by atoms with E-state index < -0.39 is 6.36 Å². The third-order valence-corrected chi connectivity index (χ3v) is 3.25. The highest BCUT2D eigenvalue weighted by Gasteiger charge is 2.31. The molecule has 1 aliphatic rings. The third-order valence-electron chi connectivity index (χ3n) is 3.25. The number of hydrogen-bond acceptors (Lipinski definition) is 3. The third kappa shape index (κ3) is 5.28. The Morgan fingerprint density at radius 3 is 2.65 bits per heavy atom. The molecule has 1 aliphatic heterocycles. The predicted molar refractivity (Wildman–Crippen MR) is 71.9 cm³/mol. The molecule has 1 heterocycles. The average molecular weight is 288 g/mol. The van der Waals surface area contributed by atoms with Gasteiger partial charge in [-0.15, -0.1) is 13.2 Å². The van der Waals surface area contributed by atoms with Crippen LogP contribution in [0.1, 0.15) is 19.3 Å². The first kappa shape index (κ1) is 15.0. The molecule has 0 bridgehead atoms. The van der Waals surface area contributed by atoms with Crippen molar-refractivity contribution in [3.05, 3.63) is 24.3 Å². The molecular weight excluding hydrogens is 269 g/mol. The van der Waals surface area contributed by atoms with Crippen molar-refractivity contribution in [1.29, 1.82) is 0 Å². The Morgan fingerprint density at radius 2 is 1.95 bits per heavy atom. The fraction of sp³-hybridized carbons (Fsp3) is 0.571. The van der Waals surface area contributed by atoms with Crippen molar-refractivity contribution < 1.29 is 17.9 Å². The Bertz CT molecular complexity index is 417. The molecule has 1 aromatic carbocycles. The predicted octanol–water partition coefficient (Wildman–Crippen LogP) is 3.48. The van der Waals surface area contributed by atoms with Gasteiger partial charge >= 0.3 is 6.36 Å². The van der Waals surface area contributed by atoms with Crippen LogP contribution in [0, 0.1) is 0 Å². The van der Waals surface area contributed by atoms with Crippen LogP contribution >= 0.6 is 0 Å². The zero-order chi connectivity index (χ0) is 14.4. The molecule has 1 fully saturated rings. The SMILES string of the molecule is FC(F)(F)Oc1cccc(NCCCN2CCCC2)c1. The highest BCUT2D eigenvalue weighted by atomic mass is 19.4. The van der Waals surface area contributed by atoms with Gasteiger partial charge in [0.15, 0.2) is 0 Å². The lowest BCUT2D eigenvalue weighted by molar-refractivity contribution is -0.274. The van der Waals surface area contributed by atoms with Crippen LogP contribution in [-0.2, 0) is 0 Å². The summed E-state index contributed by atoms with van der Waals surface area (Å²) in [5, 5.41) is 3.12. The van der Waals surface area contributed by atoms with Gasteiger partial charge in [0, 0.05) is 18.3 Å². The zero-order valence-corrected chi connectivity index (χ0v) is 11.2. The molecule has 112 valence electrons. The number of nitrogens with one attached hydrogen (secondary N) is 1. The van der Waals surface area contributed by atoms with E-state index in [1.165, 1.54) is 25.0 Å². The number of halogens is 3. The fourth-order valence-electron chi connectivity index (χ4n) is 2.34. The molecule has 0 spiro atoms. The average Bonchev–Trinajstić information content (AvgIpc) is 2.86. The second-order valence-corrected chi connectivity index (χ2v) is 4.90. The molecular formula is C14H19F3N2O. The van der Waals surface area contributed by atoms with E-state index in [2.05, 4.69) is 15.0 Å². The van der Waals surface area contributed by atoms with Crippen LogP contribution < -0.4 is 10.1 Å². The van der Waals surface area contributed by atoms with Gasteiger partial charge in [-0.2, -0.15) is 0 Å². The molecule has 6 heteroatoms. The highest BCUT2D eigenvalue weighted by Crippen LogP contribution is 2.24. The van der Waals surface area contributed by atoms with Crippen LogP contribution in [0.4, 0.5) is 18.9 Å². The van der Waals surface area contributed by atoms with Crippen molar-refractivity contribution in [3.8, 4) is 5.75 Å². The summed E-state index contributed by atoms with van der Waals surface area (Å²) in [7, 11) is 0. The first-order valence-corrected chi connectivity index (χ1v) is 6.85. The summed E-state index contributed by atoms with van der Waals surface area (Å²) in [4.78, 5) is 2.41. The molecule has 0 radical (unpaired) electrons. The van der Waals surface area contributed by atoms with Gasteiger partial charge in [-0.3, -0.25) is 0 Å². The van der Waals surface area contributed by atoms with Crippen LogP contribution in [0.3, 0.4) is 0 Å². The zero-order valence-electron chi connectivity index (χ0n) is 11.2. The van der Waals surface area contributed by atoms with E-state index in [0.29, 0.717) is 5.69 Å². The molecule has 1 aromatic rings. The van der Waals surface area contributed by atoms with E-state index in [9.17, 15) is 13.2 Å². The van der Waals surface area contributed by atoms with Crippen LogP contribution in [0.25, 0.3) is 0 Å². The number of nitrogens with zero attached hydrogens (tertiary/aromatic N) is 1. The summed E-state index contributed by atoms with van der Waals surface area (Å²) in [6.45, 7) is 4.10. The Labute approximate surface area is 116 Å². The molecule has 0 unspecified atom stereocenters. The van der Waals surface area contributed by atoms with Gasteiger partial charge < -0.3 is 15.0 Å². The normalized spacial score (nSPS) is 16.4. The summed E-state index contributed by atoms with van der Waals surface area (Å²) in [6, 6.07) is 5.94. The summed E-state index contributed by atoms with van der Waals surface area (Å²) in [5.74, 6) is -0.193. The Balaban J connectivity index is 1.73. The van der Waals surface area contributed by atoms with Gasteiger partial charge in [0.05, 0.1) is 0 Å². The van der Waals surface area contributed by atoms with E-state index in [4.69, 9.17) is 0 Å². The summed E-state index contributed by atoms with van der Waals surface area (Å²) in [6.07, 6.45) is -1.13. The van der Waals surface area contributed by atoms with Gasteiger partial charge in [-0.1, -0.05) is 6.07 Å². The molecule has 1 saturated heterocycles. The van der Waals surface area contributed by atoms with Crippen LogP contribution in [0.2, 0.25) is 0 Å². The fourth-order valence-corrected chi connectivity index (χ4v) is 2.34. The van der Waals surface area contributed by atoms with E-state index in [1.807, 2.05) is 0 Å². The number of anilines is 1. The minimum absolute atomic E-state index is 0.193. The lowest BCUT2D eigenvalue weighted by Crippen LogP contribution is -2.22. The lowest BCUT2D eigenvalue weighted by Gasteiger charge is -2.15. The quantitative estimate of drug-likeness (QED) is 0.811. The van der Waals surface area contributed by atoms with Crippen LogP contribution in [-0.4, -0.2) is 37.4 Å². The Morgan fingerprint density at radius 1 is 1.20 bits per heavy atom. The molecule has 0 aromatic heterocycles. The summed E-state index contributed by atoms with van der Waals surface area (Å²) in [5.41, 5.74) is 0.646. The van der Waals surface area contributed by atoms with Gasteiger partial charge in [0.2, 0.25) is 0 Å². The van der Waals surface area contributed by atoms with E-state index in [-0.39, 0.29) is 5.75 Å². The Hall–Kier alpha value is -1.43. The van der Waals surface area contributed by atoms with Crippen molar-refractivity contribution in [2.75, 3.05) is 31.5 Å². The minimum Gasteiger partial charge on any atom is -0.406 e. The number of hydrogen-bond donors (Lipinski definition) is 1. The molecule has 0 saturated carbocycles. The van der Waals surface area contributed by atoms with Gasteiger partial charge in [-0.25, -0.2) is 0 Å². The molecule has 0 aliphatic carbocycles. The standard InChI is InChI=1S/C14H19F3N2O/c15-14(16,17)20-13-6-3-5-12(11-13)18-7-4-10-19-8-1-2-9-19/h3,5-6,11,18H,1-2,4,7-10H2. The molecule has 0 atom stereocenters. The maximum Gasteiger partial charge on any atom is 0.573 e. The smallest absolute Gasteiger partial charge is 0.406 e. The topological polar surface area (TPSA) is 24.5 Å². The lowest BCUT2D eigenvalue weighted by atomic mass is 10.3.